The van der Waals surface area contributed by atoms with Crippen molar-refractivity contribution in [2.45, 2.75) is 30.6 Å². The van der Waals surface area contributed by atoms with Crippen molar-refractivity contribution in [1.29, 1.82) is 0 Å². The van der Waals surface area contributed by atoms with Crippen molar-refractivity contribution in [3.05, 3.63) is 57.0 Å². The Hall–Kier alpha value is -1.31. The van der Waals surface area contributed by atoms with Crippen LogP contribution in [-0.4, -0.2) is 31.7 Å². The Morgan fingerprint density at radius 1 is 0.929 bits per heavy atom. The maximum atomic E-state index is 12.7. The van der Waals surface area contributed by atoms with Crippen molar-refractivity contribution >= 4 is 56.4 Å². The van der Waals surface area contributed by atoms with Crippen LogP contribution in [0, 0.1) is 0 Å². The van der Waals surface area contributed by atoms with E-state index in [1.807, 2.05) is 0 Å². The standard InChI is InChI=1S/C19H19Cl3N2O3S/c20-15-11-17(22)18(12-16(15)21)23-19(25)10-13-4-6-14(7-5-13)28(26,27)24-8-2-1-3-9-24/h4-7,11-12H,1-3,8-10H2,(H,23,25). The van der Waals surface area contributed by atoms with E-state index in [2.05, 4.69) is 5.32 Å². The molecular weight excluding hydrogens is 443 g/mol. The van der Waals surface area contributed by atoms with Gasteiger partial charge in [-0.1, -0.05) is 53.4 Å². The largest absolute Gasteiger partial charge is 0.324 e. The number of sulfonamides is 1. The summed E-state index contributed by atoms with van der Waals surface area (Å²) in [5.41, 5.74) is 1.05. The first-order valence-electron chi connectivity index (χ1n) is 8.81. The maximum absolute atomic E-state index is 12.7. The first-order valence-corrected chi connectivity index (χ1v) is 11.4. The average molecular weight is 462 g/mol. The number of nitrogens with zero attached hydrogens (tertiary/aromatic N) is 1. The first-order chi connectivity index (χ1) is 13.3. The van der Waals surface area contributed by atoms with Gasteiger partial charge in [0.25, 0.3) is 0 Å². The summed E-state index contributed by atoms with van der Waals surface area (Å²) in [6, 6.07) is 9.32. The van der Waals surface area contributed by atoms with Crippen LogP contribution in [0.5, 0.6) is 0 Å². The fourth-order valence-electron chi connectivity index (χ4n) is 3.03. The predicted octanol–water partition coefficient (Wildman–Crippen LogP) is 5.00. The number of benzene rings is 2. The second-order valence-electron chi connectivity index (χ2n) is 6.58. The summed E-state index contributed by atoms with van der Waals surface area (Å²) < 4.78 is 26.9. The molecule has 1 saturated heterocycles. The minimum Gasteiger partial charge on any atom is -0.324 e. The van der Waals surface area contributed by atoms with Gasteiger partial charge in [-0.15, -0.1) is 0 Å². The molecule has 3 rings (SSSR count). The molecule has 5 nitrogen and oxygen atoms in total. The fraction of sp³-hybridized carbons (Fsp3) is 0.316. The zero-order valence-electron chi connectivity index (χ0n) is 14.9. The summed E-state index contributed by atoms with van der Waals surface area (Å²) >= 11 is 17.9. The van der Waals surface area contributed by atoms with Crippen LogP contribution in [0.2, 0.25) is 15.1 Å². The number of piperidine rings is 1. The van der Waals surface area contributed by atoms with E-state index in [4.69, 9.17) is 34.8 Å². The van der Waals surface area contributed by atoms with E-state index >= 15 is 0 Å². The molecule has 0 bridgehead atoms. The molecule has 0 atom stereocenters. The molecule has 1 heterocycles. The van der Waals surface area contributed by atoms with Crippen molar-refractivity contribution in [3.63, 3.8) is 0 Å². The third-order valence-corrected chi connectivity index (χ3v) is 7.47. The molecule has 1 aliphatic rings. The third kappa shape index (κ3) is 4.99. The zero-order chi connectivity index (χ0) is 20.3. The number of hydrogen-bond donors (Lipinski definition) is 1. The topological polar surface area (TPSA) is 66.5 Å². The molecule has 0 radical (unpaired) electrons. The van der Waals surface area contributed by atoms with Crippen molar-refractivity contribution in [1.82, 2.24) is 4.31 Å². The first kappa shape index (κ1) is 21.4. The van der Waals surface area contributed by atoms with Crippen LogP contribution in [0.25, 0.3) is 0 Å². The highest BCUT2D eigenvalue weighted by Crippen LogP contribution is 2.32. The summed E-state index contributed by atoms with van der Waals surface area (Å²) in [4.78, 5) is 12.5. The fourth-order valence-corrected chi connectivity index (χ4v) is 5.14. The van der Waals surface area contributed by atoms with Crippen molar-refractivity contribution in [2.24, 2.45) is 0 Å². The zero-order valence-corrected chi connectivity index (χ0v) is 18.0. The van der Waals surface area contributed by atoms with Crippen LogP contribution in [-0.2, 0) is 21.2 Å². The van der Waals surface area contributed by atoms with E-state index in [-0.39, 0.29) is 27.3 Å². The van der Waals surface area contributed by atoms with Crippen LogP contribution in [0.15, 0.2) is 41.3 Å². The van der Waals surface area contributed by atoms with Gasteiger partial charge in [0.05, 0.1) is 32.1 Å². The molecule has 150 valence electrons. The highest BCUT2D eigenvalue weighted by molar-refractivity contribution is 7.89. The molecule has 0 spiro atoms. The molecule has 2 aromatic rings. The van der Waals surface area contributed by atoms with Gasteiger partial charge in [-0.05, 0) is 42.7 Å². The Labute approximate surface area is 179 Å². The number of carbonyl (C=O) groups is 1. The van der Waals surface area contributed by atoms with E-state index < -0.39 is 10.0 Å². The van der Waals surface area contributed by atoms with Crippen molar-refractivity contribution in [2.75, 3.05) is 18.4 Å². The van der Waals surface area contributed by atoms with Crippen LogP contribution >= 0.6 is 34.8 Å². The second-order valence-corrected chi connectivity index (χ2v) is 9.74. The predicted molar refractivity (Wildman–Crippen MR) is 113 cm³/mol. The van der Waals surface area contributed by atoms with E-state index in [1.54, 1.807) is 24.3 Å². The molecule has 0 saturated carbocycles. The lowest BCUT2D eigenvalue weighted by atomic mass is 10.1. The number of halogens is 3. The van der Waals surface area contributed by atoms with E-state index in [9.17, 15) is 13.2 Å². The number of nitrogens with one attached hydrogen (secondary N) is 1. The van der Waals surface area contributed by atoms with E-state index in [0.717, 1.165) is 19.3 Å². The Morgan fingerprint density at radius 3 is 2.18 bits per heavy atom. The Kier molecular flexibility index (Phi) is 6.89. The van der Waals surface area contributed by atoms with Gasteiger partial charge in [0.2, 0.25) is 15.9 Å². The van der Waals surface area contributed by atoms with Gasteiger partial charge in [-0.3, -0.25) is 4.79 Å². The Morgan fingerprint density at radius 2 is 1.54 bits per heavy atom. The lowest BCUT2D eigenvalue weighted by Gasteiger charge is -2.25. The summed E-state index contributed by atoms with van der Waals surface area (Å²) in [7, 11) is -3.48. The molecule has 1 N–H and O–H groups in total. The van der Waals surface area contributed by atoms with Gasteiger partial charge < -0.3 is 5.32 Å². The van der Waals surface area contributed by atoms with Crippen LogP contribution in [0.1, 0.15) is 24.8 Å². The quantitative estimate of drug-likeness (QED) is 0.637. The highest BCUT2D eigenvalue weighted by atomic mass is 35.5. The summed E-state index contributed by atoms with van der Waals surface area (Å²) in [5, 5.41) is 3.55. The summed E-state index contributed by atoms with van der Waals surface area (Å²) in [6.45, 7) is 1.10. The van der Waals surface area contributed by atoms with Gasteiger partial charge in [-0.25, -0.2) is 8.42 Å². The number of anilines is 1. The molecule has 1 fully saturated rings. The highest BCUT2D eigenvalue weighted by Gasteiger charge is 2.25. The molecule has 0 aliphatic carbocycles. The minimum atomic E-state index is -3.48. The van der Waals surface area contributed by atoms with Gasteiger partial charge in [0.15, 0.2) is 0 Å². The minimum absolute atomic E-state index is 0.0701. The Bertz CT molecular complexity index is 973. The molecule has 0 aromatic heterocycles. The average Bonchev–Trinajstić information content (AvgIpc) is 2.67. The van der Waals surface area contributed by atoms with Crippen molar-refractivity contribution < 1.29 is 13.2 Å². The van der Waals surface area contributed by atoms with Gasteiger partial charge in [0, 0.05) is 13.1 Å². The lowest BCUT2D eigenvalue weighted by Crippen LogP contribution is -2.35. The number of rotatable bonds is 5. The van der Waals surface area contributed by atoms with Gasteiger partial charge in [0.1, 0.15) is 0 Å². The molecule has 0 unspecified atom stereocenters. The molecular formula is C19H19Cl3N2O3S. The van der Waals surface area contributed by atoms with Gasteiger partial charge >= 0.3 is 0 Å². The lowest BCUT2D eigenvalue weighted by molar-refractivity contribution is -0.115. The van der Waals surface area contributed by atoms with E-state index in [0.29, 0.717) is 29.4 Å². The molecule has 2 aromatic carbocycles. The smallest absolute Gasteiger partial charge is 0.243 e. The van der Waals surface area contributed by atoms with Crippen LogP contribution in [0.3, 0.4) is 0 Å². The third-order valence-electron chi connectivity index (χ3n) is 4.52. The van der Waals surface area contributed by atoms with Crippen molar-refractivity contribution in [3.8, 4) is 0 Å². The summed E-state index contributed by atoms with van der Waals surface area (Å²) in [5.74, 6) is -0.299. The number of carbonyl (C=O) groups excluding carboxylic acids is 1. The van der Waals surface area contributed by atoms with E-state index in [1.165, 1.54) is 16.4 Å². The number of hydrogen-bond acceptors (Lipinski definition) is 3. The maximum Gasteiger partial charge on any atom is 0.243 e. The Balaban J connectivity index is 1.67. The van der Waals surface area contributed by atoms with Crippen LogP contribution < -0.4 is 5.32 Å². The normalized spacial score (nSPS) is 15.4. The SMILES string of the molecule is O=C(Cc1ccc(S(=O)(=O)N2CCCCC2)cc1)Nc1cc(Cl)c(Cl)cc1Cl. The molecule has 28 heavy (non-hydrogen) atoms. The molecule has 9 heteroatoms. The second kappa shape index (κ2) is 9.01. The van der Waals surface area contributed by atoms with Gasteiger partial charge in [-0.2, -0.15) is 4.31 Å². The van der Waals surface area contributed by atoms with Crippen LogP contribution in [0.4, 0.5) is 5.69 Å². The number of amides is 1. The molecule has 1 amide bonds. The monoisotopic (exact) mass is 460 g/mol. The summed E-state index contributed by atoms with van der Waals surface area (Å²) in [6.07, 6.45) is 2.90. The molecule has 1 aliphatic heterocycles.